The third-order valence-electron chi connectivity index (χ3n) is 5.32. The highest BCUT2D eigenvalue weighted by atomic mass is 19.3. The van der Waals surface area contributed by atoms with Gasteiger partial charge in [0.1, 0.15) is 12.4 Å². The molecule has 1 atom stereocenters. The quantitative estimate of drug-likeness (QED) is 0.285. The fourth-order valence-corrected chi connectivity index (χ4v) is 3.37. The second-order valence-corrected chi connectivity index (χ2v) is 8.07. The lowest BCUT2D eigenvalue weighted by Gasteiger charge is -2.16. The number of ether oxygens (including phenoxy) is 1. The lowest BCUT2D eigenvalue weighted by Crippen LogP contribution is -2.24. The Bertz CT molecular complexity index is 774. The van der Waals surface area contributed by atoms with Crippen molar-refractivity contribution in [1.29, 1.82) is 0 Å². The van der Waals surface area contributed by atoms with Gasteiger partial charge >= 0.3 is 0 Å². The molecule has 5 nitrogen and oxygen atoms in total. The summed E-state index contributed by atoms with van der Waals surface area (Å²) < 4.78 is 33.0. The Hall–Kier alpha value is -2.06. The van der Waals surface area contributed by atoms with E-state index in [1.165, 1.54) is 6.07 Å². The summed E-state index contributed by atoms with van der Waals surface area (Å²) in [5, 5.41) is 32.1. The average molecular weight is 452 g/mol. The summed E-state index contributed by atoms with van der Waals surface area (Å²) in [7, 11) is 0. The number of halogens is 2. The molecule has 0 unspecified atom stereocenters. The molecule has 0 fully saturated rings. The van der Waals surface area contributed by atoms with Crippen LogP contribution in [0.1, 0.15) is 54.9 Å². The first kappa shape index (κ1) is 26.2. The Morgan fingerprint density at radius 2 is 1.75 bits per heavy atom. The highest BCUT2D eigenvalue weighted by Crippen LogP contribution is 2.23. The summed E-state index contributed by atoms with van der Waals surface area (Å²) in [6.07, 6.45) is 2.92. The van der Waals surface area contributed by atoms with Crippen molar-refractivity contribution in [3.8, 4) is 5.75 Å². The van der Waals surface area contributed by atoms with Gasteiger partial charge in [-0.05, 0) is 49.1 Å². The molecule has 0 spiro atoms. The predicted molar refractivity (Wildman–Crippen MR) is 121 cm³/mol. The summed E-state index contributed by atoms with van der Waals surface area (Å²) in [4.78, 5) is 0. The molecule has 0 aromatic heterocycles. The summed E-state index contributed by atoms with van der Waals surface area (Å²) >= 11 is 0. The fourth-order valence-electron chi connectivity index (χ4n) is 3.37. The number of nitrogens with one attached hydrogen (secondary N) is 1. The van der Waals surface area contributed by atoms with Crippen molar-refractivity contribution in [2.24, 2.45) is 0 Å². The Labute approximate surface area is 189 Å². The van der Waals surface area contributed by atoms with E-state index in [2.05, 4.69) is 5.32 Å². The van der Waals surface area contributed by atoms with Crippen LogP contribution in [0.3, 0.4) is 0 Å². The zero-order valence-electron chi connectivity index (χ0n) is 18.5. The summed E-state index contributed by atoms with van der Waals surface area (Å²) in [6.45, 7) is 0.627. The van der Waals surface area contributed by atoms with E-state index in [1.807, 2.05) is 30.3 Å². The van der Waals surface area contributed by atoms with Crippen molar-refractivity contribution in [1.82, 2.24) is 5.32 Å². The van der Waals surface area contributed by atoms with Crippen LogP contribution in [0, 0.1) is 0 Å². The van der Waals surface area contributed by atoms with E-state index in [9.17, 15) is 24.1 Å². The van der Waals surface area contributed by atoms with Crippen LogP contribution in [0.25, 0.3) is 0 Å². The molecule has 4 N–H and O–H groups in total. The van der Waals surface area contributed by atoms with E-state index in [0.29, 0.717) is 30.7 Å². The molecule has 0 bridgehead atoms. The van der Waals surface area contributed by atoms with E-state index in [-0.39, 0.29) is 18.8 Å². The molecular weight excluding hydrogens is 416 g/mol. The van der Waals surface area contributed by atoms with Crippen molar-refractivity contribution >= 4 is 0 Å². The molecule has 7 heteroatoms. The number of aliphatic hydroxyl groups excluding tert-OH is 2. The molecular formula is C25H35F2NO4. The maximum atomic E-state index is 13.9. The molecule has 0 amide bonds. The zero-order chi connectivity index (χ0) is 23.2. The zero-order valence-corrected chi connectivity index (χ0v) is 18.5. The monoisotopic (exact) mass is 451 g/mol. The third-order valence-corrected chi connectivity index (χ3v) is 5.32. The second-order valence-electron chi connectivity index (χ2n) is 8.07. The van der Waals surface area contributed by atoms with Crippen LogP contribution in [0.4, 0.5) is 8.78 Å². The number of alkyl halides is 2. The van der Waals surface area contributed by atoms with Gasteiger partial charge in [-0.1, -0.05) is 49.2 Å². The van der Waals surface area contributed by atoms with Gasteiger partial charge < -0.3 is 25.4 Å². The van der Waals surface area contributed by atoms with Gasteiger partial charge in [0.25, 0.3) is 5.92 Å². The van der Waals surface area contributed by atoms with Crippen molar-refractivity contribution in [2.75, 3.05) is 26.3 Å². The smallest absolute Gasteiger partial charge is 0.271 e. The highest BCUT2D eigenvalue weighted by Gasteiger charge is 2.28. The van der Waals surface area contributed by atoms with Crippen LogP contribution in [0.2, 0.25) is 0 Å². The van der Waals surface area contributed by atoms with Gasteiger partial charge in [-0.2, -0.15) is 0 Å². The van der Waals surface area contributed by atoms with Gasteiger partial charge in [0.15, 0.2) is 0 Å². The molecule has 0 heterocycles. The minimum absolute atomic E-state index is 0.0105. The molecule has 2 aromatic rings. The number of rotatable bonds is 16. The van der Waals surface area contributed by atoms with Gasteiger partial charge in [-0.15, -0.1) is 0 Å². The van der Waals surface area contributed by atoms with Gasteiger partial charge in [0.05, 0.1) is 12.7 Å². The van der Waals surface area contributed by atoms with Gasteiger partial charge in [0, 0.05) is 25.1 Å². The van der Waals surface area contributed by atoms with E-state index >= 15 is 0 Å². The number of hydrogen-bond acceptors (Lipinski definition) is 5. The molecule has 0 saturated heterocycles. The van der Waals surface area contributed by atoms with Gasteiger partial charge in [-0.3, -0.25) is 0 Å². The minimum atomic E-state index is -2.81. The summed E-state index contributed by atoms with van der Waals surface area (Å²) in [6, 6.07) is 14.0. The molecule has 2 aromatic carbocycles. The first-order chi connectivity index (χ1) is 15.4. The molecule has 2 rings (SSSR count). The predicted octanol–water partition coefficient (Wildman–Crippen LogP) is 4.35. The Balaban J connectivity index is 1.46. The van der Waals surface area contributed by atoms with Crippen molar-refractivity contribution < 1.29 is 28.8 Å². The summed E-state index contributed by atoms with van der Waals surface area (Å²) in [5.74, 6) is -2.80. The van der Waals surface area contributed by atoms with Crippen LogP contribution >= 0.6 is 0 Å². The van der Waals surface area contributed by atoms with Crippen molar-refractivity contribution in [3.63, 3.8) is 0 Å². The largest absolute Gasteiger partial charge is 0.508 e. The van der Waals surface area contributed by atoms with E-state index in [0.717, 1.165) is 37.8 Å². The second kappa shape index (κ2) is 14.2. The SMILES string of the molecule is OCc1cc([C@H](O)CNCCCCCCOCC(F)(F)CCc2ccccc2)ccc1O. The molecule has 0 radical (unpaired) electrons. The maximum Gasteiger partial charge on any atom is 0.271 e. The molecule has 0 aliphatic rings. The topological polar surface area (TPSA) is 82.0 Å². The molecule has 0 saturated carbocycles. The number of aryl methyl sites for hydroxylation is 1. The number of benzene rings is 2. The van der Waals surface area contributed by atoms with E-state index in [4.69, 9.17) is 4.74 Å². The standard InChI is InChI=1S/C25H35F2NO4/c26-25(27,13-12-20-8-4-3-5-9-20)19-32-15-7-2-1-6-14-28-17-24(31)21-10-11-23(30)22(16-21)18-29/h3-5,8-11,16,24,28-31H,1-2,6-7,12-15,17-19H2/t24-/m1/s1. The van der Waals surface area contributed by atoms with Crippen LogP contribution in [-0.4, -0.2) is 47.5 Å². The molecule has 0 aliphatic heterocycles. The number of unbranched alkanes of at least 4 members (excludes halogenated alkanes) is 3. The first-order valence-corrected chi connectivity index (χ1v) is 11.2. The molecule has 178 valence electrons. The van der Waals surface area contributed by atoms with Crippen LogP contribution in [0.5, 0.6) is 5.75 Å². The minimum Gasteiger partial charge on any atom is -0.508 e. The Kier molecular flexibility index (Phi) is 11.6. The van der Waals surface area contributed by atoms with E-state index in [1.54, 1.807) is 12.1 Å². The normalized spacial score (nSPS) is 12.8. The number of phenols is 1. The van der Waals surface area contributed by atoms with Crippen LogP contribution in [-0.2, 0) is 17.8 Å². The highest BCUT2D eigenvalue weighted by molar-refractivity contribution is 5.36. The third kappa shape index (κ3) is 10.0. The van der Waals surface area contributed by atoms with Crippen LogP contribution < -0.4 is 5.32 Å². The number of aliphatic hydroxyl groups is 2. The summed E-state index contributed by atoms with van der Waals surface area (Å²) in [5.41, 5.74) is 1.93. The fraction of sp³-hybridized carbons (Fsp3) is 0.520. The van der Waals surface area contributed by atoms with Crippen molar-refractivity contribution in [2.45, 2.75) is 57.2 Å². The lowest BCUT2D eigenvalue weighted by atomic mass is 10.1. The number of aromatic hydroxyl groups is 1. The molecule has 32 heavy (non-hydrogen) atoms. The van der Waals surface area contributed by atoms with E-state index < -0.39 is 18.6 Å². The van der Waals surface area contributed by atoms with Gasteiger partial charge in [-0.25, -0.2) is 8.78 Å². The Morgan fingerprint density at radius 3 is 2.50 bits per heavy atom. The molecule has 0 aliphatic carbocycles. The van der Waals surface area contributed by atoms with Crippen molar-refractivity contribution in [3.05, 3.63) is 65.2 Å². The number of hydrogen-bond donors (Lipinski definition) is 4. The average Bonchev–Trinajstić information content (AvgIpc) is 2.80. The van der Waals surface area contributed by atoms with Gasteiger partial charge in [0.2, 0.25) is 0 Å². The maximum absolute atomic E-state index is 13.9. The Morgan fingerprint density at radius 1 is 1.00 bits per heavy atom. The first-order valence-electron chi connectivity index (χ1n) is 11.2. The van der Waals surface area contributed by atoms with Crippen LogP contribution in [0.15, 0.2) is 48.5 Å². The lowest BCUT2D eigenvalue weighted by molar-refractivity contribution is -0.0822.